The first-order valence-electron chi connectivity index (χ1n) is 9.54. The summed E-state index contributed by atoms with van der Waals surface area (Å²) in [5.74, 6) is -3.20. The van der Waals surface area contributed by atoms with Gasteiger partial charge in [0.2, 0.25) is 0 Å². The van der Waals surface area contributed by atoms with Crippen LogP contribution in [0.1, 0.15) is 46.8 Å². The molecular formula is C22H20F2N2O3. The van der Waals surface area contributed by atoms with Gasteiger partial charge in [-0.1, -0.05) is 18.2 Å². The van der Waals surface area contributed by atoms with Crippen LogP contribution in [0.25, 0.3) is 0 Å². The predicted molar refractivity (Wildman–Crippen MR) is 101 cm³/mol. The number of nitrogens with zero attached hydrogens (tertiary/aromatic N) is 1. The number of carbonyl (C=O) groups excluding carboxylic acids is 3. The Morgan fingerprint density at radius 3 is 2.48 bits per heavy atom. The molecule has 0 aromatic heterocycles. The van der Waals surface area contributed by atoms with Crippen molar-refractivity contribution in [3.63, 3.8) is 0 Å². The fourth-order valence-corrected chi connectivity index (χ4v) is 3.99. The maximum absolute atomic E-state index is 13.6. The van der Waals surface area contributed by atoms with Crippen molar-refractivity contribution < 1.29 is 23.2 Å². The van der Waals surface area contributed by atoms with Gasteiger partial charge in [-0.2, -0.15) is 0 Å². The third-order valence-corrected chi connectivity index (χ3v) is 5.74. The van der Waals surface area contributed by atoms with Gasteiger partial charge in [-0.25, -0.2) is 13.6 Å². The number of carbonyl (C=O) groups is 3. The van der Waals surface area contributed by atoms with Crippen molar-refractivity contribution in [3.8, 4) is 0 Å². The molecule has 1 unspecified atom stereocenters. The largest absolute Gasteiger partial charge is 0.325 e. The molecule has 5 nitrogen and oxygen atoms in total. The molecule has 1 aliphatic heterocycles. The van der Waals surface area contributed by atoms with Crippen LogP contribution in [-0.4, -0.2) is 29.2 Å². The second-order valence-corrected chi connectivity index (χ2v) is 7.69. The van der Waals surface area contributed by atoms with Crippen LogP contribution in [-0.2, 0) is 23.2 Å². The molecule has 1 fully saturated rings. The first-order valence-corrected chi connectivity index (χ1v) is 9.54. The van der Waals surface area contributed by atoms with E-state index < -0.39 is 35.7 Å². The summed E-state index contributed by atoms with van der Waals surface area (Å²) in [6.07, 6.45) is 4.10. The van der Waals surface area contributed by atoms with Crippen LogP contribution in [0.3, 0.4) is 0 Å². The number of hydrogen-bond acceptors (Lipinski definition) is 3. The normalized spacial score (nSPS) is 21.1. The fraction of sp³-hybridized carbons (Fsp3) is 0.318. The maximum atomic E-state index is 13.6. The summed E-state index contributed by atoms with van der Waals surface area (Å²) in [6.45, 7) is 0.992. The Balaban J connectivity index is 1.56. The van der Waals surface area contributed by atoms with Crippen molar-refractivity contribution in [1.82, 2.24) is 10.2 Å². The highest BCUT2D eigenvalue weighted by Gasteiger charge is 2.49. The predicted octanol–water partition coefficient (Wildman–Crippen LogP) is 3.49. The van der Waals surface area contributed by atoms with Crippen molar-refractivity contribution in [3.05, 3.63) is 70.3 Å². The molecule has 7 heteroatoms. The molecule has 2 aromatic rings. The Kier molecular flexibility index (Phi) is 4.68. The second-order valence-electron chi connectivity index (χ2n) is 7.69. The van der Waals surface area contributed by atoms with Crippen LogP contribution >= 0.6 is 0 Å². The zero-order chi connectivity index (χ0) is 20.8. The number of aryl methyl sites for hydroxylation is 2. The van der Waals surface area contributed by atoms with E-state index in [-0.39, 0.29) is 11.3 Å². The third-order valence-electron chi connectivity index (χ3n) is 5.74. The topological polar surface area (TPSA) is 66.5 Å². The monoisotopic (exact) mass is 398 g/mol. The van der Waals surface area contributed by atoms with Gasteiger partial charge < -0.3 is 5.32 Å². The molecule has 0 bridgehead atoms. The van der Waals surface area contributed by atoms with Crippen LogP contribution in [0.15, 0.2) is 36.4 Å². The summed E-state index contributed by atoms with van der Waals surface area (Å²) in [6, 6.07) is 7.76. The van der Waals surface area contributed by atoms with Gasteiger partial charge >= 0.3 is 6.03 Å². The molecule has 1 atom stereocenters. The number of benzene rings is 2. The quantitative estimate of drug-likeness (QED) is 0.633. The van der Waals surface area contributed by atoms with Gasteiger partial charge in [0.1, 0.15) is 5.54 Å². The number of rotatable bonds is 4. The fourth-order valence-electron chi connectivity index (χ4n) is 3.99. The highest BCUT2D eigenvalue weighted by molar-refractivity contribution is 6.11. The number of halogens is 2. The standard InChI is InChI=1S/C22H20F2N2O3/c1-22(16-8-9-17(23)18(24)11-16)20(28)26(21(29)25-22)12-19(27)15-7-6-13-4-2-3-5-14(13)10-15/h6-11H,2-5,12H2,1H3,(H,25,29). The Morgan fingerprint density at radius 1 is 1.03 bits per heavy atom. The summed E-state index contributed by atoms with van der Waals surface area (Å²) in [5, 5.41) is 2.50. The van der Waals surface area contributed by atoms with Gasteiger partial charge in [-0.05, 0) is 67.5 Å². The number of nitrogens with one attached hydrogen (secondary N) is 1. The van der Waals surface area contributed by atoms with Crippen LogP contribution in [0.5, 0.6) is 0 Å². The highest BCUT2D eigenvalue weighted by atomic mass is 19.2. The van der Waals surface area contributed by atoms with E-state index in [1.165, 1.54) is 18.6 Å². The number of urea groups is 1. The van der Waals surface area contributed by atoms with Crippen molar-refractivity contribution in [2.75, 3.05) is 6.54 Å². The minimum Gasteiger partial charge on any atom is -0.319 e. The Labute approximate surface area is 166 Å². The number of fused-ring (bicyclic) bond motifs is 1. The van der Waals surface area contributed by atoms with E-state index in [0.29, 0.717) is 5.56 Å². The number of imide groups is 1. The summed E-state index contributed by atoms with van der Waals surface area (Å²) in [5.41, 5.74) is 1.35. The number of ketones is 1. The van der Waals surface area contributed by atoms with Crippen molar-refractivity contribution in [1.29, 1.82) is 0 Å². The zero-order valence-corrected chi connectivity index (χ0v) is 15.9. The smallest absolute Gasteiger partial charge is 0.319 e. The molecule has 1 heterocycles. The van der Waals surface area contributed by atoms with E-state index in [0.717, 1.165) is 48.3 Å². The van der Waals surface area contributed by atoms with E-state index in [4.69, 9.17) is 0 Å². The average molecular weight is 398 g/mol. The molecule has 1 saturated heterocycles. The van der Waals surface area contributed by atoms with Gasteiger partial charge in [0.15, 0.2) is 17.4 Å². The summed E-state index contributed by atoms with van der Waals surface area (Å²) in [4.78, 5) is 38.9. The molecule has 3 amide bonds. The number of hydrogen-bond donors (Lipinski definition) is 1. The minimum absolute atomic E-state index is 0.110. The lowest BCUT2D eigenvalue weighted by Gasteiger charge is -2.22. The van der Waals surface area contributed by atoms with E-state index in [9.17, 15) is 23.2 Å². The van der Waals surface area contributed by atoms with Crippen LogP contribution in [0.4, 0.5) is 13.6 Å². The van der Waals surface area contributed by atoms with Gasteiger partial charge in [-0.15, -0.1) is 0 Å². The average Bonchev–Trinajstić information content (AvgIpc) is 2.93. The summed E-state index contributed by atoms with van der Waals surface area (Å²) in [7, 11) is 0. The van der Waals surface area contributed by atoms with E-state index in [1.807, 2.05) is 12.1 Å². The van der Waals surface area contributed by atoms with E-state index in [2.05, 4.69) is 5.32 Å². The molecule has 29 heavy (non-hydrogen) atoms. The minimum atomic E-state index is -1.57. The first kappa shape index (κ1) is 19.2. The van der Waals surface area contributed by atoms with Crippen LogP contribution in [0.2, 0.25) is 0 Å². The van der Waals surface area contributed by atoms with Crippen LogP contribution in [0, 0.1) is 11.6 Å². The summed E-state index contributed by atoms with van der Waals surface area (Å²) < 4.78 is 26.9. The Bertz CT molecular complexity index is 1040. The molecular weight excluding hydrogens is 378 g/mol. The first-order chi connectivity index (χ1) is 13.8. The second kappa shape index (κ2) is 7.06. The van der Waals surface area contributed by atoms with Gasteiger partial charge in [0.05, 0.1) is 6.54 Å². The molecule has 1 aliphatic carbocycles. The molecule has 1 N–H and O–H groups in total. The lowest BCUT2D eigenvalue weighted by Crippen LogP contribution is -2.41. The van der Waals surface area contributed by atoms with Gasteiger partial charge in [-0.3, -0.25) is 14.5 Å². The molecule has 0 saturated carbocycles. The third kappa shape index (κ3) is 3.30. The summed E-state index contributed by atoms with van der Waals surface area (Å²) >= 11 is 0. The number of Topliss-reactive ketones (excluding diaryl/α,β-unsaturated/α-hetero) is 1. The number of amides is 3. The maximum Gasteiger partial charge on any atom is 0.325 e. The molecule has 0 radical (unpaired) electrons. The Hall–Kier alpha value is -3.09. The zero-order valence-electron chi connectivity index (χ0n) is 15.9. The van der Waals surface area contributed by atoms with Gasteiger partial charge in [0, 0.05) is 5.56 Å². The van der Waals surface area contributed by atoms with Crippen LogP contribution < -0.4 is 5.32 Å². The molecule has 0 spiro atoms. The van der Waals surface area contributed by atoms with Crippen molar-refractivity contribution >= 4 is 17.7 Å². The van der Waals surface area contributed by atoms with Gasteiger partial charge in [0.25, 0.3) is 5.91 Å². The lowest BCUT2D eigenvalue weighted by molar-refractivity contribution is -0.130. The van der Waals surface area contributed by atoms with E-state index in [1.54, 1.807) is 6.07 Å². The van der Waals surface area contributed by atoms with Crippen molar-refractivity contribution in [2.24, 2.45) is 0 Å². The SMILES string of the molecule is CC1(c2ccc(F)c(F)c2)NC(=O)N(CC(=O)c2ccc3c(c2)CCCC3)C1=O. The Morgan fingerprint density at radius 2 is 1.76 bits per heavy atom. The molecule has 150 valence electrons. The molecule has 2 aromatic carbocycles. The molecule has 2 aliphatic rings. The van der Waals surface area contributed by atoms with Crippen molar-refractivity contribution in [2.45, 2.75) is 38.1 Å². The highest BCUT2D eigenvalue weighted by Crippen LogP contribution is 2.30. The molecule has 4 rings (SSSR count). The lowest BCUT2D eigenvalue weighted by atomic mass is 9.89. The van der Waals surface area contributed by atoms with E-state index >= 15 is 0 Å².